The summed E-state index contributed by atoms with van der Waals surface area (Å²) in [5, 5.41) is 2.74. The number of hydrogen-bond acceptors (Lipinski definition) is 3. The smallest absolute Gasteiger partial charge is 0.234 e. The Kier molecular flexibility index (Phi) is 1.69. The topological polar surface area (TPSA) is 55.1 Å². The van der Waals surface area contributed by atoms with Crippen molar-refractivity contribution in [1.82, 2.24) is 0 Å². The van der Waals surface area contributed by atoms with Crippen molar-refractivity contribution in [2.24, 2.45) is 0 Å². The van der Waals surface area contributed by atoms with Crippen LogP contribution in [0.3, 0.4) is 0 Å². The van der Waals surface area contributed by atoms with E-state index in [0.29, 0.717) is 11.4 Å². The molecular formula is C8H8N2OS. The molecule has 0 aromatic heterocycles. The molecule has 1 heterocycles. The summed E-state index contributed by atoms with van der Waals surface area (Å²) in [6, 6.07) is 5.62. The molecule has 1 aliphatic heterocycles. The number of thioether (sulfide) groups is 1. The standard InChI is InChI=1S/C8H8N2OS/c9-5-2-1-3-6-8(5)10-7(11)4-12-6/h1-3H,4,9H2,(H,10,11). The van der Waals surface area contributed by atoms with E-state index in [0.717, 1.165) is 10.6 Å². The van der Waals surface area contributed by atoms with Gasteiger partial charge in [-0.15, -0.1) is 11.8 Å². The number of nitrogen functional groups attached to an aromatic ring is 1. The van der Waals surface area contributed by atoms with Crippen molar-refractivity contribution >= 4 is 29.0 Å². The summed E-state index contributed by atoms with van der Waals surface area (Å²) in [6.45, 7) is 0. The zero-order chi connectivity index (χ0) is 8.55. The third-order valence-corrected chi connectivity index (χ3v) is 2.74. The quantitative estimate of drug-likeness (QED) is 0.592. The van der Waals surface area contributed by atoms with Gasteiger partial charge in [0.25, 0.3) is 0 Å². The van der Waals surface area contributed by atoms with Gasteiger partial charge in [-0.25, -0.2) is 0 Å². The summed E-state index contributed by atoms with van der Waals surface area (Å²) in [4.78, 5) is 12.0. The van der Waals surface area contributed by atoms with Gasteiger partial charge in [-0.2, -0.15) is 0 Å². The number of carbonyl (C=O) groups is 1. The van der Waals surface area contributed by atoms with Gasteiger partial charge in [0, 0.05) is 4.90 Å². The van der Waals surface area contributed by atoms with Gasteiger partial charge in [-0.1, -0.05) is 6.07 Å². The molecule has 62 valence electrons. The van der Waals surface area contributed by atoms with Crippen LogP contribution < -0.4 is 11.1 Å². The monoisotopic (exact) mass is 180 g/mol. The predicted molar refractivity (Wildman–Crippen MR) is 50.2 cm³/mol. The van der Waals surface area contributed by atoms with Gasteiger partial charge in [0.1, 0.15) is 0 Å². The van der Waals surface area contributed by atoms with Gasteiger partial charge < -0.3 is 11.1 Å². The SMILES string of the molecule is Nc1cccc2c1NC(=O)CS2. The maximum Gasteiger partial charge on any atom is 0.234 e. The molecule has 0 unspecified atom stereocenters. The fourth-order valence-electron chi connectivity index (χ4n) is 1.12. The average molecular weight is 180 g/mol. The average Bonchev–Trinajstić information content (AvgIpc) is 2.07. The molecule has 0 atom stereocenters. The molecule has 4 heteroatoms. The summed E-state index contributed by atoms with van der Waals surface area (Å²) < 4.78 is 0. The van der Waals surface area contributed by atoms with Crippen LogP contribution in [0.25, 0.3) is 0 Å². The highest BCUT2D eigenvalue weighted by Gasteiger charge is 2.16. The van der Waals surface area contributed by atoms with Crippen LogP contribution in [-0.2, 0) is 4.79 Å². The molecule has 0 spiro atoms. The second kappa shape index (κ2) is 2.71. The number of para-hydroxylation sites is 1. The molecule has 0 saturated carbocycles. The molecule has 0 saturated heterocycles. The van der Waals surface area contributed by atoms with E-state index < -0.39 is 0 Å². The van der Waals surface area contributed by atoms with E-state index in [4.69, 9.17) is 5.73 Å². The molecule has 3 N–H and O–H groups in total. The van der Waals surface area contributed by atoms with E-state index in [2.05, 4.69) is 5.32 Å². The minimum absolute atomic E-state index is 0.0189. The normalized spacial score (nSPS) is 15.2. The Labute approximate surface area is 74.3 Å². The fraction of sp³-hybridized carbons (Fsp3) is 0.125. The van der Waals surface area contributed by atoms with Crippen molar-refractivity contribution < 1.29 is 4.79 Å². The Balaban J connectivity index is 2.50. The number of hydrogen-bond donors (Lipinski definition) is 2. The third kappa shape index (κ3) is 1.14. The molecule has 1 aliphatic rings. The first-order chi connectivity index (χ1) is 5.77. The lowest BCUT2D eigenvalue weighted by molar-refractivity contribution is -0.113. The van der Waals surface area contributed by atoms with Crippen LogP contribution in [0.4, 0.5) is 11.4 Å². The summed E-state index contributed by atoms with van der Waals surface area (Å²) >= 11 is 1.52. The summed E-state index contributed by atoms with van der Waals surface area (Å²) in [6.07, 6.45) is 0. The lowest BCUT2D eigenvalue weighted by Gasteiger charge is -2.17. The Morgan fingerprint density at radius 3 is 3.17 bits per heavy atom. The summed E-state index contributed by atoms with van der Waals surface area (Å²) in [7, 11) is 0. The zero-order valence-corrected chi connectivity index (χ0v) is 7.15. The number of benzene rings is 1. The highest BCUT2D eigenvalue weighted by atomic mass is 32.2. The number of carbonyl (C=O) groups excluding carboxylic acids is 1. The first-order valence-corrected chi connectivity index (χ1v) is 4.57. The van der Waals surface area contributed by atoms with Crippen molar-refractivity contribution in [1.29, 1.82) is 0 Å². The van der Waals surface area contributed by atoms with Crippen molar-refractivity contribution in [2.45, 2.75) is 4.90 Å². The minimum Gasteiger partial charge on any atom is -0.397 e. The summed E-state index contributed by atoms with van der Waals surface area (Å²) in [5.74, 6) is 0.501. The molecule has 3 nitrogen and oxygen atoms in total. The molecule has 0 radical (unpaired) electrons. The van der Waals surface area contributed by atoms with Gasteiger partial charge in [-0.05, 0) is 12.1 Å². The number of nitrogens with two attached hydrogens (primary N) is 1. The van der Waals surface area contributed by atoms with Crippen LogP contribution in [0.1, 0.15) is 0 Å². The first kappa shape index (κ1) is 7.49. The van der Waals surface area contributed by atoms with E-state index >= 15 is 0 Å². The highest BCUT2D eigenvalue weighted by molar-refractivity contribution is 8.00. The molecule has 12 heavy (non-hydrogen) atoms. The van der Waals surface area contributed by atoms with Gasteiger partial charge >= 0.3 is 0 Å². The van der Waals surface area contributed by atoms with E-state index in [1.807, 2.05) is 12.1 Å². The molecular weight excluding hydrogens is 172 g/mol. The van der Waals surface area contributed by atoms with Gasteiger partial charge in [0.15, 0.2) is 0 Å². The van der Waals surface area contributed by atoms with E-state index in [9.17, 15) is 4.79 Å². The van der Waals surface area contributed by atoms with E-state index in [-0.39, 0.29) is 5.91 Å². The van der Waals surface area contributed by atoms with Crippen LogP contribution in [0, 0.1) is 0 Å². The van der Waals surface area contributed by atoms with Crippen molar-refractivity contribution in [3.8, 4) is 0 Å². The Bertz CT molecular complexity index is 338. The molecule has 1 amide bonds. The maximum atomic E-state index is 11.0. The van der Waals surface area contributed by atoms with Crippen LogP contribution >= 0.6 is 11.8 Å². The number of fused-ring (bicyclic) bond motifs is 1. The Morgan fingerprint density at radius 2 is 2.33 bits per heavy atom. The molecule has 0 bridgehead atoms. The van der Waals surface area contributed by atoms with Gasteiger partial charge in [-0.3, -0.25) is 4.79 Å². The lowest BCUT2D eigenvalue weighted by Crippen LogP contribution is -2.19. The van der Waals surface area contributed by atoms with Crippen molar-refractivity contribution in [3.63, 3.8) is 0 Å². The lowest BCUT2D eigenvalue weighted by atomic mass is 10.2. The molecule has 1 aromatic rings. The van der Waals surface area contributed by atoms with Crippen LogP contribution in [0.5, 0.6) is 0 Å². The second-order valence-corrected chi connectivity index (χ2v) is 3.57. The Hall–Kier alpha value is -1.16. The zero-order valence-electron chi connectivity index (χ0n) is 6.33. The van der Waals surface area contributed by atoms with Crippen LogP contribution in [0.2, 0.25) is 0 Å². The Morgan fingerprint density at radius 1 is 1.50 bits per heavy atom. The van der Waals surface area contributed by atoms with Crippen molar-refractivity contribution in [3.05, 3.63) is 18.2 Å². The van der Waals surface area contributed by atoms with Gasteiger partial charge in [0.05, 0.1) is 17.1 Å². The minimum atomic E-state index is 0.0189. The third-order valence-electron chi connectivity index (χ3n) is 1.68. The number of amides is 1. The van der Waals surface area contributed by atoms with Crippen molar-refractivity contribution in [2.75, 3.05) is 16.8 Å². The fourth-order valence-corrected chi connectivity index (χ4v) is 1.97. The molecule has 0 aliphatic carbocycles. The molecule has 2 rings (SSSR count). The number of anilines is 2. The van der Waals surface area contributed by atoms with E-state index in [1.54, 1.807) is 6.07 Å². The first-order valence-electron chi connectivity index (χ1n) is 3.58. The largest absolute Gasteiger partial charge is 0.397 e. The van der Waals surface area contributed by atoms with Gasteiger partial charge in [0.2, 0.25) is 5.91 Å². The molecule has 0 fully saturated rings. The van der Waals surface area contributed by atoms with E-state index in [1.165, 1.54) is 11.8 Å². The number of nitrogens with one attached hydrogen (secondary N) is 1. The maximum absolute atomic E-state index is 11.0. The van der Waals surface area contributed by atoms with Crippen LogP contribution in [0.15, 0.2) is 23.1 Å². The molecule has 1 aromatic carbocycles. The predicted octanol–water partition coefficient (Wildman–Crippen LogP) is 1.31. The highest BCUT2D eigenvalue weighted by Crippen LogP contribution is 2.35. The summed E-state index contributed by atoms with van der Waals surface area (Å²) in [5.41, 5.74) is 7.07. The van der Waals surface area contributed by atoms with Crippen LogP contribution in [-0.4, -0.2) is 11.7 Å². The second-order valence-electron chi connectivity index (χ2n) is 2.56. The number of rotatable bonds is 0.